The molecule has 1 aromatic rings. The summed E-state index contributed by atoms with van der Waals surface area (Å²) in [6, 6.07) is 8.30. The van der Waals surface area contributed by atoms with Crippen LogP contribution in [0.3, 0.4) is 0 Å². The van der Waals surface area contributed by atoms with Crippen LogP contribution < -0.4 is 9.80 Å². The van der Waals surface area contributed by atoms with Gasteiger partial charge >= 0.3 is 0 Å². The van der Waals surface area contributed by atoms with Crippen molar-refractivity contribution in [2.75, 3.05) is 62.7 Å². The van der Waals surface area contributed by atoms with Gasteiger partial charge in [-0.05, 0) is 32.0 Å². The minimum absolute atomic E-state index is 0.0570. The Bertz CT molecular complexity index is 595. The highest BCUT2D eigenvalue weighted by Crippen LogP contribution is 2.34. The van der Waals surface area contributed by atoms with E-state index in [1.165, 1.54) is 5.69 Å². The van der Waals surface area contributed by atoms with Crippen LogP contribution in [0, 0.1) is 5.92 Å². The van der Waals surface area contributed by atoms with Crippen LogP contribution in [0.2, 0.25) is 0 Å². The molecule has 1 fully saturated rings. The third-order valence-electron chi connectivity index (χ3n) is 5.40. The SMILES string of the molecule is CC(C)CN1CCN(C(=O)C(C)N2CCN(C)CC2)c2ccccc21. The summed E-state index contributed by atoms with van der Waals surface area (Å²) < 4.78 is 0. The van der Waals surface area contributed by atoms with E-state index in [0.29, 0.717) is 5.92 Å². The van der Waals surface area contributed by atoms with Crippen LogP contribution in [0.15, 0.2) is 24.3 Å². The Morgan fingerprint density at radius 2 is 1.60 bits per heavy atom. The lowest BCUT2D eigenvalue weighted by atomic mass is 10.1. The van der Waals surface area contributed by atoms with Gasteiger partial charge in [-0.15, -0.1) is 0 Å². The van der Waals surface area contributed by atoms with E-state index in [4.69, 9.17) is 0 Å². The van der Waals surface area contributed by atoms with E-state index in [9.17, 15) is 4.79 Å². The summed E-state index contributed by atoms with van der Waals surface area (Å²) in [5.41, 5.74) is 2.27. The Hall–Kier alpha value is -1.59. The third-order valence-corrected chi connectivity index (χ3v) is 5.40. The fourth-order valence-electron chi connectivity index (χ4n) is 3.87. The molecule has 1 atom stereocenters. The molecule has 2 aliphatic heterocycles. The second-order valence-corrected chi connectivity index (χ2v) is 7.83. The van der Waals surface area contributed by atoms with Crippen LogP contribution >= 0.6 is 0 Å². The maximum absolute atomic E-state index is 13.2. The monoisotopic (exact) mass is 344 g/mol. The van der Waals surface area contributed by atoms with Crippen LogP contribution in [0.4, 0.5) is 11.4 Å². The van der Waals surface area contributed by atoms with Gasteiger partial charge in [-0.3, -0.25) is 9.69 Å². The van der Waals surface area contributed by atoms with Gasteiger partial charge in [0.1, 0.15) is 0 Å². The summed E-state index contributed by atoms with van der Waals surface area (Å²) in [4.78, 5) is 22.3. The maximum Gasteiger partial charge on any atom is 0.244 e. The summed E-state index contributed by atoms with van der Waals surface area (Å²) >= 11 is 0. The summed E-state index contributed by atoms with van der Waals surface area (Å²) in [5, 5.41) is 0. The number of carbonyl (C=O) groups is 1. The fourth-order valence-corrected chi connectivity index (χ4v) is 3.87. The number of amides is 1. The molecule has 1 saturated heterocycles. The number of hydrogen-bond donors (Lipinski definition) is 0. The first-order chi connectivity index (χ1) is 12.0. The second kappa shape index (κ2) is 7.75. The summed E-state index contributed by atoms with van der Waals surface area (Å²) in [7, 11) is 2.15. The van der Waals surface area contributed by atoms with E-state index in [-0.39, 0.29) is 11.9 Å². The normalized spacial score (nSPS) is 20.7. The molecule has 2 aliphatic rings. The standard InChI is InChI=1S/C20H32N4O/c1-16(2)15-23-13-14-24(19-8-6-5-7-18(19)23)20(25)17(3)22-11-9-21(4)10-12-22/h5-8,16-17H,9-15H2,1-4H3. The van der Waals surface area contributed by atoms with Gasteiger partial charge in [0.15, 0.2) is 0 Å². The van der Waals surface area contributed by atoms with Crippen molar-refractivity contribution in [3.05, 3.63) is 24.3 Å². The molecule has 3 rings (SSSR count). The average Bonchev–Trinajstić information content (AvgIpc) is 2.61. The van der Waals surface area contributed by atoms with Crippen molar-refractivity contribution in [3.8, 4) is 0 Å². The highest BCUT2D eigenvalue weighted by atomic mass is 16.2. The van der Waals surface area contributed by atoms with Crippen molar-refractivity contribution in [3.63, 3.8) is 0 Å². The Labute approximate surface area is 152 Å². The summed E-state index contributed by atoms with van der Waals surface area (Å²) in [6.07, 6.45) is 0. The second-order valence-electron chi connectivity index (χ2n) is 7.83. The van der Waals surface area contributed by atoms with E-state index < -0.39 is 0 Å². The summed E-state index contributed by atoms with van der Waals surface area (Å²) in [5.74, 6) is 0.848. The van der Waals surface area contributed by atoms with Crippen molar-refractivity contribution in [2.24, 2.45) is 5.92 Å². The lowest BCUT2D eigenvalue weighted by Crippen LogP contribution is -2.55. The Morgan fingerprint density at radius 1 is 0.960 bits per heavy atom. The molecule has 0 bridgehead atoms. The highest BCUT2D eigenvalue weighted by molar-refractivity contribution is 6.00. The van der Waals surface area contributed by atoms with Crippen LogP contribution in [-0.2, 0) is 4.79 Å². The minimum Gasteiger partial charge on any atom is -0.368 e. The van der Waals surface area contributed by atoms with Gasteiger partial charge in [-0.25, -0.2) is 0 Å². The Morgan fingerprint density at radius 3 is 2.24 bits per heavy atom. The van der Waals surface area contributed by atoms with E-state index in [2.05, 4.69) is 60.7 Å². The number of anilines is 2. The van der Waals surface area contributed by atoms with Gasteiger partial charge < -0.3 is 14.7 Å². The number of likely N-dealkylation sites (N-methyl/N-ethyl adjacent to an activating group) is 1. The first kappa shape index (κ1) is 18.2. The van der Waals surface area contributed by atoms with Crippen molar-refractivity contribution in [1.82, 2.24) is 9.80 Å². The smallest absolute Gasteiger partial charge is 0.244 e. The third kappa shape index (κ3) is 3.98. The van der Waals surface area contributed by atoms with Crippen LogP contribution in [0.25, 0.3) is 0 Å². The van der Waals surface area contributed by atoms with Crippen LogP contribution in [0.1, 0.15) is 20.8 Å². The van der Waals surface area contributed by atoms with E-state index in [1.54, 1.807) is 0 Å². The maximum atomic E-state index is 13.2. The molecule has 0 aliphatic carbocycles. The number of piperazine rings is 1. The molecule has 1 amide bonds. The molecule has 138 valence electrons. The van der Waals surface area contributed by atoms with Crippen LogP contribution in [-0.4, -0.2) is 74.6 Å². The number of fused-ring (bicyclic) bond motifs is 1. The topological polar surface area (TPSA) is 30.0 Å². The predicted molar refractivity (Wildman–Crippen MR) is 104 cm³/mol. The Kier molecular flexibility index (Phi) is 5.64. The molecule has 5 nitrogen and oxygen atoms in total. The molecule has 25 heavy (non-hydrogen) atoms. The number of hydrogen-bond acceptors (Lipinski definition) is 4. The van der Waals surface area contributed by atoms with Gasteiger partial charge in [-0.1, -0.05) is 26.0 Å². The lowest BCUT2D eigenvalue weighted by Gasteiger charge is -2.42. The molecule has 0 spiro atoms. The quantitative estimate of drug-likeness (QED) is 0.837. The van der Waals surface area contributed by atoms with Gasteiger partial charge in [0.05, 0.1) is 17.4 Å². The molecule has 2 heterocycles. The average molecular weight is 345 g/mol. The molecule has 5 heteroatoms. The van der Waals surface area contributed by atoms with E-state index in [1.807, 2.05) is 11.0 Å². The van der Waals surface area contributed by atoms with Gasteiger partial charge in [0.2, 0.25) is 5.91 Å². The summed E-state index contributed by atoms with van der Waals surface area (Å²) in [6.45, 7) is 13.3. The number of benzene rings is 1. The number of rotatable bonds is 4. The van der Waals surface area contributed by atoms with Crippen molar-refractivity contribution in [2.45, 2.75) is 26.8 Å². The molecule has 1 unspecified atom stereocenters. The van der Waals surface area contributed by atoms with Gasteiger partial charge in [0.25, 0.3) is 0 Å². The molecule has 0 aromatic heterocycles. The van der Waals surface area contributed by atoms with E-state index in [0.717, 1.165) is 51.5 Å². The first-order valence-corrected chi connectivity index (χ1v) is 9.55. The van der Waals surface area contributed by atoms with Crippen LogP contribution in [0.5, 0.6) is 0 Å². The zero-order chi connectivity index (χ0) is 18.0. The molecule has 0 saturated carbocycles. The predicted octanol–water partition coefficient (Wildman–Crippen LogP) is 2.13. The first-order valence-electron chi connectivity index (χ1n) is 9.55. The van der Waals surface area contributed by atoms with Crippen molar-refractivity contribution < 1.29 is 4.79 Å². The highest BCUT2D eigenvalue weighted by Gasteiger charge is 2.32. The molecular weight excluding hydrogens is 312 g/mol. The van der Waals surface area contributed by atoms with Crippen molar-refractivity contribution >= 4 is 17.3 Å². The fraction of sp³-hybridized carbons (Fsp3) is 0.650. The Balaban J connectivity index is 1.76. The molecule has 0 N–H and O–H groups in total. The zero-order valence-electron chi connectivity index (χ0n) is 16.1. The zero-order valence-corrected chi connectivity index (χ0v) is 16.1. The molecule has 1 aromatic carbocycles. The number of carbonyl (C=O) groups excluding carboxylic acids is 1. The lowest BCUT2D eigenvalue weighted by molar-refractivity contribution is -0.123. The van der Waals surface area contributed by atoms with Gasteiger partial charge in [0, 0.05) is 45.8 Å². The molecule has 0 radical (unpaired) electrons. The number of para-hydroxylation sites is 2. The number of nitrogens with zero attached hydrogens (tertiary/aromatic N) is 4. The molecular formula is C20H32N4O. The largest absolute Gasteiger partial charge is 0.368 e. The van der Waals surface area contributed by atoms with Gasteiger partial charge in [-0.2, -0.15) is 0 Å². The van der Waals surface area contributed by atoms with Crippen molar-refractivity contribution in [1.29, 1.82) is 0 Å². The van der Waals surface area contributed by atoms with E-state index >= 15 is 0 Å². The minimum atomic E-state index is -0.0570.